The molecule has 4 heteroatoms. The monoisotopic (exact) mass is 271 g/mol. The zero-order valence-corrected chi connectivity index (χ0v) is 11.4. The van der Waals surface area contributed by atoms with Crippen LogP contribution in [0.15, 0.2) is 42.5 Å². The van der Waals surface area contributed by atoms with Gasteiger partial charge in [0.1, 0.15) is 6.54 Å². The molecule has 20 heavy (non-hydrogen) atoms. The Labute approximate surface area is 117 Å². The Balaban J connectivity index is 2.23. The number of carboxylic acids is 1. The van der Waals surface area contributed by atoms with Crippen molar-refractivity contribution in [1.82, 2.24) is 4.90 Å². The van der Waals surface area contributed by atoms with Crippen LogP contribution in [-0.2, 0) is 16.0 Å². The van der Waals surface area contributed by atoms with E-state index in [1.54, 1.807) is 6.92 Å². The lowest BCUT2D eigenvalue weighted by molar-refractivity contribution is -0.144. The standard InChI is InChI=1S/C16H17NO3/c1-2-17(11-16(19)20)15(18)10-13-8-5-7-12-6-3-4-9-14(12)13/h3-9H,2,10-11H2,1H3,(H,19,20). The van der Waals surface area contributed by atoms with Crippen LogP contribution in [0.5, 0.6) is 0 Å². The highest BCUT2D eigenvalue weighted by Crippen LogP contribution is 2.19. The summed E-state index contributed by atoms with van der Waals surface area (Å²) in [5.41, 5.74) is 0.928. The SMILES string of the molecule is CCN(CC(=O)O)C(=O)Cc1cccc2ccccc12. The number of likely N-dealkylation sites (N-methyl/N-ethyl adjacent to an activating group) is 1. The Bertz CT molecular complexity index is 631. The largest absolute Gasteiger partial charge is 0.480 e. The van der Waals surface area contributed by atoms with Crippen molar-refractivity contribution in [3.8, 4) is 0 Å². The summed E-state index contributed by atoms with van der Waals surface area (Å²) in [5, 5.41) is 10.9. The van der Waals surface area contributed by atoms with Crippen LogP contribution in [0.3, 0.4) is 0 Å². The third-order valence-electron chi connectivity index (χ3n) is 3.28. The van der Waals surface area contributed by atoms with Gasteiger partial charge in [0.2, 0.25) is 5.91 Å². The fourth-order valence-electron chi connectivity index (χ4n) is 2.26. The summed E-state index contributed by atoms with van der Waals surface area (Å²) in [7, 11) is 0. The minimum Gasteiger partial charge on any atom is -0.480 e. The van der Waals surface area contributed by atoms with E-state index in [0.29, 0.717) is 6.54 Å². The Morgan fingerprint density at radius 1 is 1.10 bits per heavy atom. The van der Waals surface area contributed by atoms with Gasteiger partial charge in [0.05, 0.1) is 6.42 Å². The molecule has 0 unspecified atom stereocenters. The van der Waals surface area contributed by atoms with E-state index < -0.39 is 5.97 Å². The first-order chi connectivity index (χ1) is 9.61. The van der Waals surface area contributed by atoms with Crippen LogP contribution in [0, 0.1) is 0 Å². The summed E-state index contributed by atoms with van der Waals surface area (Å²) in [6.45, 7) is 1.93. The number of aliphatic carboxylic acids is 1. The molecular formula is C16H17NO3. The Hall–Kier alpha value is -2.36. The zero-order chi connectivity index (χ0) is 14.5. The van der Waals surface area contributed by atoms with Gasteiger partial charge in [-0.05, 0) is 23.3 Å². The van der Waals surface area contributed by atoms with E-state index in [-0.39, 0.29) is 18.9 Å². The highest BCUT2D eigenvalue weighted by atomic mass is 16.4. The molecule has 2 aromatic rings. The van der Waals surface area contributed by atoms with Crippen LogP contribution in [-0.4, -0.2) is 35.0 Å². The minimum absolute atomic E-state index is 0.161. The molecular weight excluding hydrogens is 254 g/mol. The van der Waals surface area contributed by atoms with E-state index in [4.69, 9.17) is 5.11 Å². The molecule has 0 radical (unpaired) electrons. The first-order valence-electron chi connectivity index (χ1n) is 6.58. The highest BCUT2D eigenvalue weighted by Gasteiger charge is 2.16. The van der Waals surface area contributed by atoms with Crippen molar-refractivity contribution in [2.24, 2.45) is 0 Å². The van der Waals surface area contributed by atoms with Crippen LogP contribution >= 0.6 is 0 Å². The molecule has 0 fully saturated rings. The number of nitrogens with zero attached hydrogens (tertiary/aromatic N) is 1. The molecule has 0 aliphatic carbocycles. The van der Waals surface area contributed by atoms with Crippen LogP contribution in [0.2, 0.25) is 0 Å². The number of amides is 1. The number of rotatable bonds is 5. The lowest BCUT2D eigenvalue weighted by Crippen LogP contribution is -2.36. The van der Waals surface area contributed by atoms with Crippen LogP contribution in [0.25, 0.3) is 10.8 Å². The predicted octanol–water partition coefficient (Wildman–Crippen LogP) is 2.32. The molecule has 0 spiro atoms. The molecule has 4 nitrogen and oxygen atoms in total. The molecule has 0 saturated heterocycles. The second-order valence-electron chi connectivity index (χ2n) is 4.62. The van der Waals surface area contributed by atoms with Crippen LogP contribution in [0.1, 0.15) is 12.5 Å². The van der Waals surface area contributed by atoms with Crippen LogP contribution < -0.4 is 0 Å². The van der Waals surface area contributed by atoms with E-state index in [1.165, 1.54) is 4.90 Å². The van der Waals surface area contributed by atoms with Crippen molar-refractivity contribution in [3.63, 3.8) is 0 Å². The fraction of sp³-hybridized carbons (Fsp3) is 0.250. The van der Waals surface area contributed by atoms with Gasteiger partial charge in [0.25, 0.3) is 0 Å². The number of carbonyl (C=O) groups excluding carboxylic acids is 1. The maximum atomic E-state index is 12.2. The molecule has 0 saturated carbocycles. The molecule has 2 rings (SSSR count). The topological polar surface area (TPSA) is 57.6 Å². The van der Waals surface area contributed by atoms with Gasteiger partial charge in [0, 0.05) is 6.54 Å². The molecule has 0 atom stereocenters. The van der Waals surface area contributed by atoms with E-state index >= 15 is 0 Å². The number of hydrogen-bond donors (Lipinski definition) is 1. The third-order valence-corrected chi connectivity index (χ3v) is 3.28. The van der Waals surface area contributed by atoms with E-state index in [9.17, 15) is 9.59 Å². The summed E-state index contributed by atoms with van der Waals surface area (Å²) < 4.78 is 0. The maximum Gasteiger partial charge on any atom is 0.323 e. The van der Waals surface area contributed by atoms with E-state index in [2.05, 4.69) is 0 Å². The van der Waals surface area contributed by atoms with Gasteiger partial charge in [-0.15, -0.1) is 0 Å². The van der Waals surface area contributed by atoms with Crippen molar-refractivity contribution < 1.29 is 14.7 Å². The first-order valence-corrected chi connectivity index (χ1v) is 6.58. The molecule has 0 heterocycles. The average Bonchev–Trinajstić information content (AvgIpc) is 2.45. The Morgan fingerprint density at radius 2 is 1.80 bits per heavy atom. The molecule has 0 aromatic heterocycles. The summed E-state index contributed by atoms with van der Waals surface area (Å²) in [4.78, 5) is 24.3. The van der Waals surface area contributed by atoms with Crippen molar-refractivity contribution in [1.29, 1.82) is 0 Å². The van der Waals surface area contributed by atoms with Crippen molar-refractivity contribution >= 4 is 22.6 Å². The molecule has 0 aliphatic heterocycles. The zero-order valence-electron chi connectivity index (χ0n) is 11.4. The second kappa shape index (κ2) is 6.19. The normalized spacial score (nSPS) is 10.4. The molecule has 0 bridgehead atoms. The summed E-state index contributed by atoms with van der Waals surface area (Å²) in [6, 6.07) is 13.7. The summed E-state index contributed by atoms with van der Waals surface area (Å²) in [6.07, 6.45) is 0.225. The van der Waals surface area contributed by atoms with Crippen molar-refractivity contribution in [3.05, 3.63) is 48.0 Å². The molecule has 104 valence electrons. The van der Waals surface area contributed by atoms with Gasteiger partial charge in [-0.3, -0.25) is 9.59 Å². The minimum atomic E-state index is -0.988. The van der Waals surface area contributed by atoms with E-state index in [0.717, 1.165) is 16.3 Å². The van der Waals surface area contributed by atoms with Gasteiger partial charge in [-0.2, -0.15) is 0 Å². The number of fused-ring (bicyclic) bond motifs is 1. The fourth-order valence-corrected chi connectivity index (χ4v) is 2.26. The second-order valence-corrected chi connectivity index (χ2v) is 4.62. The third kappa shape index (κ3) is 3.15. The van der Waals surface area contributed by atoms with Crippen molar-refractivity contribution in [2.45, 2.75) is 13.3 Å². The Morgan fingerprint density at radius 3 is 2.50 bits per heavy atom. The van der Waals surface area contributed by atoms with Gasteiger partial charge in [-0.1, -0.05) is 42.5 Å². The smallest absolute Gasteiger partial charge is 0.323 e. The molecule has 2 aromatic carbocycles. The Kier molecular flexibility index (Phi) is 4.35. The van der Waals surface area contributed by atoms with Gasteiger partial charge in [0.15, 0.2) is 0 Å². The summed E-state index contributed by atoms with van der Waals surface area (Å²) >= 11 is 0. The highest BCUT2D eigenvalue weighted by molar-refractivity contribution is 5.91. The lowest BCUT2D eigenvalue weighted by Gasteiger charge is -2.19. The summed E-state index contributed by atoms with van der Waals surface area (Å²) in [5.74, 6) is -1.15. The number of hydrogen-bond acceptors (Lipinski definition) is 2. The predicted molar refractivity (Wildman–Crippen MR) is 77.5 cm³/mol. The maximum absolute atomic E-state index is 12.2. The molecule has 1 N–H and O–H groups in total. The van der Waals surface area contributed by atoms with Gasteiger partial charge < -0.3 is 10.0 Å². The van der Waals surface area contributed by atoms with Gasteiger partial charge in [-0.25, -0.2) is 0 Å². The number of benzene rings is 2. The lowest BCUT2D eigenvalue weighted by atomic mass is 10.0. The molecule has 1 amide bonds. The van der Waals surface area contributed by atoms with Gasteiger partial charge >= 0.3 is 5.97 Å². The van der Waals surface area contributed by atoms with E-state index in [1.807, 2.05) is 42.5 Å². The van der Waals surface area contributed by atoms with Crippen LogP contribution in [0.4, 0.5) is 0 Å². The average molecular weight is 271 g/mol. The molecule has 0 aliphatic rings. The number of carbonyl (C=O) groups is 2. The number of carboxylic acid groups (broad SMARTS) is 1. The first kappa shape index (κ1) is 14.1. The van der Waals surface area contributed by atoms with Crippen molar-refractivity contribution in [2.75, 3.05) is 13.1 Å². The quantitative estimate of drug-likeness (QED) is 0.908.